The third-order valence-corrected chi connectivity index (χ3v) is 5.09. The van der Waals surface area contributed by atoms with Crippen molar-refractivity contribution in [2.24, 2.45) is 0 Å². The van der Waals surface area contributed by atoms with Gasteiger partial charge in [-0.25, -0.2) is 0 Å². The highest BCUT2D eigenvalue weighted by Crippen LogP contribution is 2.32. The van der Waals surface area contributed by atoms with Gasteiger partial charge in [0.25, 0.3) is 11.8 Å². The first-order valence-corrected chi connectivity index (χ1v) is 9.18. The molecule has 2 amide bonds. The molecule has 0 bridgehead atoms. The van der Waals surface area contributed by atoms with Crippen LogP contribution in [0, 0.1) is 0 Å². The van der Waals surface area contributed by atoms with Gasteiger partial charge >= 0.3 is 0 Å². The standard InChI is InChI=1S/C19H17N3O3S/c23-18(15-5-3-11-25-15)21-17-9-8-16(26-17)19(24)22(14-6-7-14)12-13-4-1-2-10-20-13/h1-5,8-11,14H,6-7,12H2,(H,21,23). The van der Waals surface area contributed by atoms with Gasteiger partial charge in [-0.3, -0.25) is 14.6 Å². The van der Waals surface area contributed by atoms with Gasteiger partial charge in [-0.1, -0.05) is 6.07 Å². The van der Waals surface area contributed by atoms with E-state index in [1.54, 1.807) is 30.5 Å². The lowest BCUT2D eigenvalue weighted by Crippen LogP contribution is -2.32. The van der Waals surface area contributed by atoms with Gasteiger partial charge in [0, 0.05) is 12.2 Å². The number of hydrogen-bond donors (Lipinski definition) is 1. The van der Waals surface area contributed by atoms with Crippen LogP contribution >= 0.6 is 11.3 Å². The second kappa shape index (κ2) is 7.13. The number of thiophene rings is 1. The van der Waals surface area contributed by atoms with E-state index < -0.39 is 0 Å². The highest BCUT2D eigenvalue weighted by molar-refractivity contribution is 7.18. The van der Waals surface area contributed by atoms with Gasteiger partial charge in [0.1, 0.15) is 0 Å². The number of nitrogens with one attached hydrogen (secondary N) is 1. The number of furan rings is 1. The van der Waals surface area contributed by atoms with Crippen molar-refractivity contribution in [3.8, 4) is 0 Å². The maximum atomic E-state index is 12.9. The predicted molar refractivity (Wildman–Crippen MR) is 98.1 cm³/mol. The van der Waals surface area contributed by atoms with E-state index in [1.807, 2.05) is 23.1 Å². The van der Waals surface area contributed by atoms with E-state index in [1.165, 1.54) is 17.6 Å². The van der Waals surface area contributed by atoms with Crippen molar-refractivity contribution in [1.29, 1.82) is 0 Å². The maximum Gasteiger partial charge on any atom is 0.291 e. The summed E-state index contributed by atoms with van der Waals surface area (Å²) in [7, 11) is 0. The summed E-state index contributed by atoms with van der Waals surface area (Å²) in [6.45, 7) is 0.496. The summed E-state index contributed by atoms with van der Waals surface area (Å²) in [6, 6.07) is 12.7. The third kappa shape index (κ3) is 3.67. The number of pyridine rings is 1. The molecular weight excluding hydrogens is 350 g/mol. The van der Waals surface area contributed by atoms with Gasteiger partial charge in [0.15, 0.2) is 5.76 Å². The SMILES string of the molecule is O=C(Nc1ccc(C(=O)N(Cc2ccccn2)C2CC2)s1)c1ccco1. The Morgan fingerprint density at radius 3 is 2.77 bits per heavy atom. The zero-order chi connectivity index (χ0) is 17.9. The average Bonchev–Trinajstić information content (AvgIpc) is 3.15. The number of anilines is 1. The molecule has 26 heavy (non-hydrogen) atoms. The van der Waals surface area contributed by atoms with Crippen molar-refractivity contribution >= 4 is 28.2 Å². The predicted octanol–water partition coefficient (Wildman–Crippen LogP) is 3.79. The number of amides is 2. The molecule has 0 radical (unpaired) electrons. The molecule has 3 aromatic rings. The van der Waals surface area contributed by atoms with Gasteiger partial charge in [-0.2, -0.15) is 0 Å². The lowest BCUT2D eigenvalue weighted by molar-refractivity contribution is 0.0732. The molecule has 0 aromatic carbocycles. The molecule has 3 heterocycles. The zero-order valence-corrected chi connectivity index (χ0v) is 14.7. The van der Waals surface area contributed by atoms with Crippen LogP contribution < -0.4 is 5.32 Å². The van der Waals surface area contributed by atoms with Crippen LogP contribution in [-0.2, 0) is 6.54 Å². The summed E-state index contributed by atoms with van der Waals surface area (Å²) in [5.41, 5.74) is 0.871. The summed E-state index contributed by atoms with van der Waals surface area (Å²) < 4.78 is 5.08. The second-order valence-corrected chi connectivity index (χ2v) is 7.16. The Bertz CT molecular complexity index is 901. The van der Waals surface area contributed by atoms with Crippen LogP contribution in [0.25, 0.3) is 0 Å². The molecule has 1 saturated carbocycles. The quantitative estimate of drug-likeness (QED) is 0.719. The molecule has 1 fully saturated rings. The van der Waals surface area contributed by atoms with E-state index in [0.29, 0.717) is 16.4 Å². The molecule has 0 aliphatic heterocycles. The molecule has 1 N–H and O–H groups in total. The Morgan fingerprint density at radius 2 is 2.08 bits per heavy atom. The number of aromatic nitrogens is 1. The van der Waals surface area contributed by atoms with Crippen molar-refractivity contribution < 1.29 is 14.0 Å². The fourth-order valence-corrected chi connectivity index (χ4v) is 3.52. The molecule has 0 saturated heterocycles. The van der Waals surface area contributed by atoms with Crippen molar-refractivity contribution in [2.75, 3.05) is 5.32 Å². The molecule has 6 nitrogen and oxygen atoms in total. The number of carbonyl (C=O) groups excluding carboxylic acids is 2. The van der Waals surface area contributed by atoms with Crippen molar-refractivity contribution in [3.05, 3.63) is 71.3 Å². The molecule has 132 valence electrons. The average molecular weight is 367 g/mol. The van der Waals surface area contributed by atoms with Crippen molar-refractivity contribution in [1.82, 2.24) is 9.88 Å². The van der Waals surface area contributed by atoms with Gasteiger partial charge in [-0.15, -0.1) is 11.3 Å². The Kier molecular flexibility index (Phi) is 4.53. The van der Waals surface area contributed by atoms with Crippen LogP contribution in [0.1, 0.15) is 38.8 Å². The van der Waals surface area contributed by atoms with Crippen molar-refractivity contribution in [2.45, 2.75) is 25.4 Å². The normalized spacial score (nSPS) is 13.4. The Morgan fingerprint density at radius 1 is 1.19 bits per heavy atom. The minimum atomic E-state index is -0.330. The number of carbonyl (C=O) groups is 2. The fraction of sp³-hybridized carbons (Fsp3) is 0.211. The van der Waals surface area contributed by atoms with Crippen LogP contribution in [0.15, 0.2) is 59.3 Å². The maximum absolute atomic E-state index is 12.9. The molecule has 0 unspecified atom stereocenters. The Hall–Kier alpha value is -2.93. The van der Waals surface area contributed by atoms with Gasteiger partial charge in [0.05, 0.1) is 28.4 Å². The summed E-state index contributed by atoms with van der Waals surface area (Å²) in [5, 5.41) is 3.37. The molecule has 7 heteroatoms. The minimum Gasteiger partial charge on any atom is -0.459 e. The summed E-state index contributed by atoms with van der Waals surface area (Å²) in [6.07, 6.45) is 5.22. The highest BCUT2D eigenvalue weighted by Gasteiger charge is 2.34. The molecular formula is C19H17N3O3S. The molecule has 4 rings (SSSR count). The summed E-state index contributed by atoms with van der Waals surface area (Å²) in [5.74, 6) is -0.119. The first-order chi connectivity index (χ1) is 12.7. The van der Waals surface area contributed by atoms with Crippen LogP contribution in [0.2, 0.25) is 0 Å². The fourth-order valence-electron chi connectivity index (χ4n) is 2.66. The lowest BCUT2D eigenvalue weighted by Gasteiger charge is -2.21. The Labute approximate surface area is 154 Å². The first-order valence-electron chi connectivity index (χ1n) is 8.36. The van der Waals surface area contributed by atoms with Crippen LogP contribution in [0.3, 0.4) is 0 Å². The molecule has 1 aliphatic rings. The number of rotatable bonds is 6. The second-order valence-electron chi connectivity index (χ2n) is 6.08. The molecule has 0 atom stereocenters. The van der Waals surface area contributed by atoms with E-state index >= 15 is 0 Å². The van der Waals surface area contributed by atoms with Gasteiger partial charge < -0.3 is 14.6 Å². The highest BCUT2D eigenvalue weighted by atomic mass is 32.1. The van der Waals surface area contributed by atoms with E-state index in [2.05, 4.69) is 10.3 Å². The minimum absolute atomic E-state index is 0.0262. The smallest absolute Gasteiger partial charge is 0.291 e. The van der Waals surface area contributed by atoms with Crippen molar-refractivity contribution in [3.63, 3.8) is 0 Å². The molecule has 1 aliphatic carbocycles. The zero-order valence-electron chi connectivity index (χ0n) is 13.9. The first kappa shape index (κ1) is 16.5. The van der Waals surface area contributed by atoms with E-state index in [9.17, 15) is 9.59 Å². The van der Waals surface area contributed by atoms with Crippen LogP contribution in [0.4, 0.5) is 5.00 Å². The van der Waals surface area contributed by atoms with Crippen LogP contribution in [-0.4, -0.2) is 27.7 Å². The van der Waals surface area contributed by atoms with E-state index in [4.69, 9.17) is 4.42 Å². The van der Waals surface area contributed by atoms with E-state index in [0.717, 1.165) is 18.5 Å². The summed E-state index contributed by atoms with van der Waals surface area (Å²) in [4.78, 5) is 31.8. The van der Waals surface area contributed by atoms with Gasteiger partial charge in [0.2, 0.25) is 0 Å². The molecule has 0 spiro atoms. The van der Waals surface area contributed by atoms with E-state index in [-0.39, 0.29) is 23.6 Å². The molecule has 3 aromatic heterocycles. The number of nitrogens with zero attached hydrogens (tertiary/aromatic N) is 2. The monoisotopic (exact) mass is 367 g/mol. The lowest BCUT2D eigenvalue weighted by atomic mass is 10.3. The third-order valence-electron chi connectivity index (χ3n) is 4.11. The largest absolute Gasteiger partial charge is 0.459 e. The number of hydrogen-bond acceptors (Lipinski definition) is 5. The Balaban J connectivity index is 1.46. The van der Waals surface area contributed by atoms with Crippen LogP contribution in [0.5, 0.6) is 0 Å². The topological polar surface area (TPSA) is 75.4 Å². The summed E-state index contributed by atoms with van der Waals surface area (Å²) >= 11 is 1.27. The van der Waals surface area contributed by atoms with Gasteiger partial charge in [-0.05, 0) is 49.2 Å².